The number of fused-ring (bicyclic) bond motifs is 2. The third kappa shape index (κ3) is 6.59. The van der Waals surface area contributed by atoms with Crippen molar-refractivity contribution in [3.05, 3.63) is 118 Å². The van der Waals surface area contributed by atoms with E-state index < -0.39 is 30.6 Å². The van der Waals surface area contributed by atoms with Crippen molar-refractivity contribution in [1.82, 2.24) is 4.90 Å². The number of ether oxygens (including phenoxy) is 2. The predicted octanol–water partition coefficient (Wildman–Crippen LogP) is 6.03. The fourth-order valence-electron chi connectivity index (χ4n) is 9.26. The molecule has 55 heavy (non-hydrogen) atoms. The average Bonchev–Trinajstić information content (AvgIpc) is 3.86. The first-order valence-electron chi connectivity index (χ1n) is 18.7. The van der Waals surface area contributed by atoms with Crippen LogP contribution in [0, 0.1) is 16.0 Å². The van der Waals surface area contributed by atoms with Crippen LogP contribution in [-0.4, -0.2) is 73.6 Å². The van der Waals surface area contributed by atoms with Crippen LogP contribution < -0.4 is 19.7 Å². The first-order valence-corrected chi connectivity index (χ1v) is 21.7. The molecular formula is C42H46N4O8Si. The highest BCUT2D eigenvalue weighted by Gasteiger charge is 2.67. The number of nitro benzene ring substituents is 1. The summed E-state index contributed by atoms with van der Waals surface area (Å²) in [6.45, 7) is 6.92. The number of nitro groups is 1. The first kappa shape index (κ1) is 37.9. The Labute approximate surface area is 321 Å². The van der Waals surface area contributed by atoms with Crippen LogP contribution in [-0.2, 0) is 31.3 Å². The number of nitrogens with zero attached hydrogens (tertiary/aromatic N) is 4. The molecule has 2 fully saturated rings. The van der Waals surface area contributed by atoms with Crippen molar-refractivity contribution in [2.24, 2.45) is 5.92 Å². The Morgan fingerprint density at radius 2 is 1.78 bits per heavy atom. The van der Waals surface area contributed by atoms with E-state index in [0.29, 0.717) is 41.3 Å². The number of carbonyl (C=O) groups excluding carboxylic acids is 3. The van der Waals surface area contributed by atoms with Gasteiger partial charge in [0.25, 0.3) is 11.6 Å². The van der Waals surface area contributed by atoms with E-state index in [0.717, 1.165) is 23.6 Å². The van der Waals surface area contributed by atoms with Crippen molar-refractivity contribution in [2.75, 3.05) is 30.1 Å². The molecule has 4 aromatic rings. The van der Waals surface area contributed by atoms with Crippen LogP contribution in [0.1, 0.15) is 37.3 Å². The van der Waals surface area contributed by atoms with Crippen LogP contribution in [0.2, 0.25) is 18.6 Å². The molecule has 3 amide bonds. The van der Waals surface area contributed by atoms with E-state index in [-0.39, 0.29) is 48.7 Å². The zero-order valence-electron chi connectivity index (χ0n) is 31.5. The summed E-state index contributed by atoms with van der Waals surface area (Å²) in [6.07, 6.45) is 1.55. The highest BCUT2D eigenvalue weighted by molar-refractivity contribution is 6.91. The second kappa shape index (κ2) is 15.0. The molecule has 5 atom stereocenters. The van der Waals surface area contributed by atoms with Crippen molar-refractivity contribution >= 4 is 54.2 Å². The zero-order valence-corrected chi connectivity index (χ0v) is 32.5. The Hall–Kier alpha value is -5.37. The van der Waals surface area contributed by atoms with Gasteiger partial charge in [-0.1, -0.05) is 67.7 Å². The molecule has 3 aliphatic heterocycles. The summed E-state index contributed by atoms with van der Waals surface area (Å²) < 4.78 is 12.5. The molecule has 12 nitrogen and oxygen atoms in total. The minimum Gasteiger partial charge on any atom is -0.497 e. The Balaban J connectivity index is 1.31. The van der Waals surface area contributed by atoms with Crippen LogP contribution in [0.25, 0.3) is 0 Å². The Kier molecular flexibility index (Phi) is 10.4. The van der Waals surface area contributed by atoms with E-state index in [1.165, 1.54) is 17.0 Å². The Morgan fingerprint density at radius 1 is 1.05 bits per heavy atom. The van der Waals surface area contributed by atoms with Crippen LogP contribution in [0.15, 0.2) is 97.1 Å². The number of methoxy groups -OCH3 is 1. The predicted molar refractivity (Wildman–Crippen MR) is 211 cm³/mol. The molecule has 7 rings (SSSR count). The van der Waals surface area contributed by atoms with Crippen molar-refractivity contribution in [3.63, 3.8) is 0 Å². The van der Waals surface area contributed by atoms with E-state index in [4.69, 9.17) is 9.47 Å². The number of anilines is 3. The third-order valence-corrected chi connectivity index (χ3v) is 16.3. The van der Waals surface area contributed by atoms with Crippen LogP contribution in [0.4, 0.5) is 22.7 Å². The number of rotatable bonds is 12. The summed E-state index contributed by atoms with van der Waals surface area (Å²) in [5.74, 6) is -0.282. The number of hydrogen-bond acceptors (Lipinski definition) is 8. The van der Waals surface area contributed by atoms with Crippen molar-refractivity contribution in [3.8, 4) is 5.75 Å². The van der Waals surface area contributed by atoms with Crippen LogP contribution in [0.5, 0.6) is 5.75 Å². The number of carbonyl (C=O) groups is 3. The van der Waals surface area contributed by atoms with Gasteiger partial charge in [0.05, 0.1) is 57.5 Å². The van der Waals surface area contributed by atoms with Gasteiger partial charge in [0.2, 0.25) is 12.3 Å². The van der Waals surface area contributed by atoms with E-state index in [2.05, 4.69) is 13.1 Å². The monoisotopic (exact) mass is 762 g/mol. The summed E-state index contributed by atoms with van der Waals surface area (Å²) in [4.78, 5) is 58.3. The SMILES string of the molecule is COc1ccc([Si](C)(C)[C@H]2[C@H](CC(=O)N3CCC[C@H]3CO)O[C@@]3(C(=O)N(Cc4cccc(N(C=O)c5ccccc5)c4)c4ccc([N+](=O)[O-])cc43)[C@@H]2C)cc1. The quantitative estimate of drug-likeness (QED) is 0.0798. The number of amides is 3. The van der Waals surface area contributed by atoms with Gasteiger partial charge in [-0.3, -0.25) is 29.4 Å². The van der Waals surface area contributed by atoms with Crippen molar-refractivity contribution in [1.29, 1.82) is 0 Å². The van der Waals surface area contributed by atoms with Crippen molar-refractivity contribution < 1.29 is 33.9 Å². The number of para-hydroxylation sites is 1. The average molecular weight is 763 g/mol. The van der Waals surface area contributed by atoms with E-state index in [1.807, 2.05) is 85.8 Å². The number of non-ortho nitro benzene ring substituents is 1. The van der Waals surface area contributed by atoms with E-state index in [9.17, 15) is 24.8 Å². The lowest BCUT2D eigenvalue weighted by Gasteiger charge is -2.37. The van der Waals surface area contributed by atoms with E-state index in [1.54, 1.807) is 23.0 Å². The Bertz CT molecular complexity index is 2100. The molecule has 13 heteroatoms. The lowest BCUT2D eigenvalue weighted by atomic mass is 9.82. The minimum atomic E-state index is -2.62. The maximum Gasteiger partial charge on any atom is 0.269 e. The molecule has 286 valence electrons. The number of hydrogen-bond donors (Lipinski definition) is 1. The van der Waals surface area contributed by atoms with Gasteiger partial charge >= 0.3 is 0 Å². The summed E-state index contributed by atoms with van der Waals surface area (Å²) in [5, 5.41) is 23.4. The minimum absolute atomic E-state index is 0.000439. The third-order valence-electron chi connectivity index (χ3n) is 12.0. The van der Waals surface area contributed by atoms with Crippen LogP contribution >= 0.6 is 0 Å². The second-order valence-electron chi connectivity index (χ2n) is 15.3. The molecule has 0 aromatic heterocycles. The maximum absolute atomic E-state index is 15.3. The molecule has 3 heterocycles. The van der Waals surface area contributed by atoms with Crippen LogP contribution in [0.3, 0.4) is 0 Å². The van der Waals surface area contributed by atoms with Gasteiger partial charge < -0.3 is 24.4 Å². The molecular weight excluding hydrogens is 717 g/mol. The Morgan fingerprint density at radius 3 is 2.45 bits per heavy atom. The first-order chi connectivity index (χ1) is 26.4. The molecule has 0 unspecified atom stereocenters. The van der Waals surface area contributed by atoms with Gasteiger partial charge in [0.1, 0.15) is 5.75 Å². The molecule has 0 bridgehead atoms. The lowest BCUT2D eigenvalue weighted by Crippen LogP contribution is -2.52. The second-order valence-corrected chi connectivity index (χ2v) is 19.9. The summed E-state index contributed by atoms with van der Waals surface area (Å²) >= 11 is 0. The van der Waals surface area contributed by atoms with Gasteiger partial charge in [0, 0.05) is 41.5 Å². The van der Waals surface area contributed by atoms with Gasteiger partial charge in [-0.15, -0.1) is 0 Å². The van der Waals surface area contributed by atoms with Crippen molar-refractivity contribution in [2.45, 2.75) is 69.1 Å². The molecule has 4 aromatic carbocycles. The molecule has 2 saturated heterocycles. The molecule has 0 radical (unpaired) electrons. The fraction of sp³-hybridized carbons (Fsp3) is 0.357. The van der Waals surface area contributed by atoms with Gasteiger partial charge in [-0.25, -0.2) is 0 Å². The number of aliphatic hydroxyl groups is 1. The van der Waals surface area contributed by atoms with E-state index >= 15 is 4.79 Å². The smallest absolute Gasteiger partial charge is 0.269 e. The highest BCUT2D eigenvalue weighted by Crippen LogP contribution is 2.60. The van der Waals surface area contributed by atoms with Gasteiger partial charge in [0.15, 0.2) is 5.60 Å². The maximum atomic E-state index is 15.3. The summed E-state index contributed by atoms with van der Waals surface area (Å²) in [5.41, 5.74) is 0.884. The standard InChI is InChI=1S/C42H46N4O8Si/c1-28-40(55(3,4)35-18-16-34(53-2)17-19-35)38(24-39(49)43-21-9-14-33(43)26-47)54-42(28)36-23-32(46(51)52)15-20-37(36)44(41(42)50)25-29-10-8-13-31(22-29)45(27-48)30-11-6-5-7-12-30/h5-8,10-13,15-20,22-23,27-28,33,38,40,47H,9,14,21,24-26H2,1-4H3/t28-,33+,38+,40-,42+/m1/s1. The number of aliphatic hydroxyl groups excluding tert-OH is 1. The topological polar surface area (TPSA) is 143 Å². The molecule has 3 aliphatic rings. The molecule has 1 N–H and O–H groups in total. The normalized spacial score (nSPS) is 23.3. The number of likely N-dealkylation sites (tertiary alicyclic amines) is 1. The summed E-state index contributed by atoms with van der Waals surface area (Å²) in [7, 11) is -1.01. The lowest BCUT2D eigenvalue weighted by molar-refractivity contribution is -0.385. The van der Waals surface area contributed by atoms with Gasteiger partial charge in [-0.2, -0.15) is 0 Å². The highest BCUT2D eigenvalue weighted by atomic mass is 28.3. The number of benzene rings is 4. The molecule has 0 aliphatic carbocycles. The zero-order chi connectivity index (χ0) is 39.1. The van der Waals surface area contributed by atoms with Gasteiger partial charge in [-0.05, 0) is 66.4 Å². The summed E-state index contributed by atoms with van der Waals surface area (Å²) in [6, 6.07) is 28.7. The fourth-order valence-corrected chi connectivity index (χ4v) is 13.3. The molecule has 0 saturated carbocycles. The molecule has 1 spiro atoms. The largest absolute Gasteiger partial charge is 0.497 e.